The largest absolute Gasteiger partial charge is 0.381 e. The van der Waals surface area contributed by atoms with Gasteiger partial charge in [0.05, 0.1) is 5.41 Å². The third kappa shape index (κ3) is 4.77. The molecule has 1 fully saturated rings. The van der Waals surface area contributed by atoms with E-state index in [0.717, 1.165) is 39.1 Å². The quantitative estimate of drug-likeness (QED) is 0.661. The summed E-state index contributed by atoms with van der Waals surface area (Å²) >= 11 is 0. The number of carbonyl (C=O) groups is 1. The van der Waals surface area contributed by atoms with E-state index in [1.807, 2.05) is 0 Å². The van der Waals surface area contributed by atoms with Crippen LogP contribution in [0.1, 0.15) is 40.5 Å². The minimum atomic E-state index is -0.210. The first-order valence-electron chi connectivity index (χ1n) is 7.56. The van der Waals surface area contributed by atoms with E-state index in [0.29, 0.717) is 18.4 Å². The lowest BCUT2D eigenvalue weighted by molar-refractivity contribution is -0.132. The summed E-state index contributed by atoms with van der Waals surface area (Å²) in [4.78, 5) is 12.4. The predicted octanol–water partition coefficient (Wildman–Crippen LogP) is 1.80. The van der Waals surface area contributed by atoms with E-state index in [-0.39, 0.29) is 11.3 Å². The van der Waals surface area contributed by atoms with Crippen molar-refractivity contribution in [3.8, 4) is 0 Å². The van der Waals surface area contributed by atoms with E-state index in [1.54, 1.807) is 0 Å². The Hall–Kier alpha value is -0.610. The van der Waals surface area contributed by atoms with Crippen LogP contribution in [0.25, 0.3) is 0 Å². The fourth-order valence-electron chi connectivity index (χ4n) is 2.53. The highest BCUT2D eigenvalue weighted by molar-refractivity contribution is 5.83. The molecule has 112 valence electrons. The normalized spacial score (nSPS) is 23.3. The molecule has 0 aromatic rings. The third-order valence-electron chi connectivity index (χ3n) is 3.95. The SMILES string of the molecule is CC(C)COCCCNC(=O)C1(C(C)C)CCNC1. The van der Waals surface area contributed by atoms with Crippen molar-refractivity contribution in [1.29, 1.82) is 0 Å². The Morgan fingerprint density at radius 3 is 2.63 bits per heavy atom. The molecular formula is C15H30N2O2. The van der Waals surface area contributed by atoms with Crippen LogP contribution in [0.2, 0.25) is 0 Å². The van der Waals surface area contributed by atoms with Crippen molar-refractivity contribution in [2.45, 2.75) is 40.5 Å². The van der Waals surface area contributed by atoms with E-state index in [4.69, 9.17) is 4.74 Å². The van der Waals surface area contributed by atoms with Crippen molar-refractivity contribution in [1.82, 2.24) is 10.6 Å². The molecule has 1 saturated heterocycles. The first kappa shape index (κ1) is 16.4. The molecule has 1 rings (SSSR count). The summed E-state index contributed by atoms with van der Waals surface area (Å²) in [6, 6.07) is 0. The van der Waals surface area contributed by atoms with Crippen LogP contribution in [0.3, 0.4) is 0 Å². The fraction of sp³-hybridized carbons (Fsp3) is 0.933. The molecule has 0 spiro atoms. The molecule has 1 aliphatic heterocycles. The summed E-state index contributed by atoms with van der Waals surface area (Å²) in [6.07, 6.45) is 1.83. The minimum Gasteiger partial charge on any atom is -0.381 e. The van der Waals surface area contributed by atoms with Gasteiger partial charge in [-0.1, -0.05) is 27.7 Å². The first-order valence-corrected chi connectivity index (χ1v) is 7.56. The fourth-order valence-corrected chi connectivity index (χ4v) is 2.53. The second kappa shape index (κ2) is 7.85. The zero-order valence-corrected chi connectivity index (χ0v) is 12.9. The van der Waals surface area contributed by atoms with E-state index in [9.17, 15) is 4.79 Å². The average molecular weight is 270 g/mol. The molecule has 1 aliphatic rings. The lowest BCUT2D eigenvalue weighted by Crippen LogP contribution is -2.46. The van der Waals surface area contributed by atoms with Crippen molar-refractivity contribution in [2.75, 3.05) is 32.8 Å². The van der Waals surface area contributed by atoms with Crippen LogP contribution in [0.5, 0.6) is 0 Å². The van der Waals surface area contributed by atoms with Gasteiger partial charge in [-0.05, 0) is 31.2 Å². The van der Waals surface area contributed by atoms with Gasteiger partial charge in [0, 0.05) is 26.3 Å². The molecule has 4 nitrogen and oxygen atoms in total. The van der Waals surface area contributed by atoms with Gasteiger partial charge in [0.2, 0.25) is 5.91 Å². The molecule has 0 aromatic heterocycles. The van der Waals surface area contributed by atoms with Crippen LogP contribution in [-0.2, 0) is 9.53 Å². The lowest BCUT2D eigenvalue weighted by Gasteiger charge is -2.31. The monoisotopic (exact) mass is 270 g/mol. The molecule has 0 radical (unpaired) electrons. The molecule has 1 atom stereocenters. The Morgan fingerprint density at radius 1 is 1.37 bits per heavy atom. The minimum absolute atomic E-state index is 0.205. The summed E-state index contributed by atoms with van der Waals surface area (Å²) in [5.74, 6) is 1.15. The second-order valence-electron chi connectivity index (χ2n) is 6.32. The highest BCUT2D eigenvalue weighted by atomic mass is 16.5. The standard InChI is InChI=1S/C15H30N2O2/c1-12(2)10-19-9-5-7-17-14(18)15(13(3)4)6-8-16-11-15/h12-13,16H,5-11H2,1-4H3,(H,17,18). The van der Waals surface area contributed by atoms with E-state index < -0.39 is 0 Å². The molecular weight excluding hydrogens is 240 g/mol. The number of nitrogens with one attached hydrogen (secondary N) is 2. The van der Waals surface area contributed by atoms with Gasteiger partial charge in [0.1, 0.15) is 0 Å². The second-order valence-corrected chi connectivity index (χ2v) is 6.32. The Balaban J connectivity index is 2.23. The average Bonchev–Trinajstić information content (AvgIpc) is 2.83. The van der Waals surface area contributed by atoms with Gasteiger partial charge in [-0.2, -0.15) is 0 Å². The van der Waals surface area contributed by atoms with Crippen LogP contribution < -0.4 is 10.6 Å². The van der Waals surface area contributed by atoms with Gasteiger partial charge in [-0.3, -0.25) is 4.79 Å². The lowest BCUT2D eigenvalue weighted by atomic mass is 9.75. The number of hydrogen-bond acceptors (Lipinski definition) is 3. The van der Waals surface area contributed by atoms with Crippen LogP contribution in [0, 0.1) is 17.3 Å². The Kier molecular flexibility index (Phi) is 6.80. The van der Waals surface area contributed by atoms with Crippen molar-refractivity contribution in [3.63, 3.8) is 0 Å². The van der Waals surface area contributed by atoms with Gasteiger partial charge in [0.25, 0.3) is 0 Å². The number of carbonyl (C=O) groups excluding carboxylic acids is 1. The van der Waals surface area contributed by atoms with Gasteiger partial charge >= 0.3 is 0 Å². The third-order valence-corrected chi connectivity index (χ3v) is 3.95. The highest BCUT2D eigenvalue weighted by Gasteiger charge is 2.43. The molecule has 1 amide bonds. The maximum Gasteiger partial charge on any atom is 0.227 e. The smallest absolute Gasteiger partial charge is 0.227 e. The molecule has 1 heterocycles. The molecule has 1 unspecified atom stereocenters. The Bertz CT molecular complexity index is 271. The van der Waals surface area contributed by atoms with Gasteiger partial charge in [-0.15, -0.1) is 0 Å². The van der Waals surface area contributed by atoms with E-state index >= 15 is 0 Å². The van der Waals surface area contributed by atoms with Gasteiger partial charge in [-0.25, -0.2) is 0 Å². The maximum atomic E-state index is 12.4. The Labute approximate surface area is 117 Å². The number of ether oxygens (including phenoxy) is 1. The maximum absolute atomic E-state index is 12.4. The number of amides is 1. The summed E-state index contributed by atoms with van der Waals surface area (Å²) in [5, 5.41) is 6.39. The molecule has 2 N–H and O–H groups in total. The van der Waals surface area contributed by atoms with Crippen molar-refractivity contribution in [3.05, 3.63) is 0 Å². The van der Waals surface area contributed by atoms with Gasteiger partial charge in [0.15, 0.2) is 0 Å². The zero-order chi connectivity index (χ0) is 14.3. The molecule has 0 saturated carbocycles. The van der Waals surface area contributed by atoms with Crippen LogP contribution in [-0.4, -0.2) is 38.8 Å². The topological polar surface area (TPSA) is 50.4 Å². The van der Waals surface area contributed by atoms with Crippen molar-refractivity contribution in [2.24, 2.45) is 17.3 Å². The summed E-state index contributed by atoms with van der Waals surface area (Å²) in [5.41, 5.74) is -0.210. The predicted molar refractivity (Wildman–Crippen MR) is 78.0 cm³/mol. The summed E-state index contributed by atoms with van der Waals surface area (Å²) in [7, 11) is 0. The molecule has 19 heavy (non-hydrogen) atoms. The van der Waals surface area contributed by atoms with Crippen LogP contribution in [0.4, 0.5) is 0 Å². The summed E-state index contributed by atoms with van der Waals surface area (Å²) < 4.78 is 5.51. The molecule has 0 aromatic carbocycles. The zero-order valence-electron chi connectivity index (χ0n) is 12.9. The first-order chi connectivity index (χ1) is 8.99. The van der Waals surface area contributed by atoms with Crippen molar-refractivity contribution < 1.29 is 9.53 Å². The molecule has 0 bridgehead atoms. The summed E-state index contributed by atoms with van der Waals surface area (Å²) in [6.45, 7) is 12.5. The Morgan fingerprint density at radius 2 is 2.11 bits per heavy atom. The van der Waals surface area contributed by atoms with Crippen LogP contribution >= 0.6 is 0 Å². The number of hydrogen-bond donors (Lipinski definition) is 2. The van der Waals surface area contributed by atoms with Crippen molar-refractivity contribution >= 4 is 5.91 Å². The van der Waals surface area contributed by atoms with Gasteiger partial charge < -0.3 is 15.4 Å². The van der Waals surface area contributed by atoms with Crippen LogP contribution in [0.15, 0.2) is 0 Å². The van der Waals surface area contributed by atoms with E-state index in [2.05, 4.69) is 38.3 Å². The highest BCUT2D eigenvalue weighted by Crippen LogP contribution is 2.34. The molecule has 4 heteroatoms. The molecule has 0 aliphatic carbocycles. The number of rotatable bonds is 8. The van der Waals surface area contributed by atoms with E-state index in [1.165, 1.54) is 0 Å².